The van der Waals surface area contributed by atoms with E-state index in [1.165, 1.54) is 29.5 Å². The summed E-state index contributed by atoms with van der Waals surface area (Å²) in [6.07, 6.45) is 2.43. The molecule has 2 aromatic rings. The highest BCUT2D eigenvalue weighted by molar-refractivity contribution is 5.42. The molecule has 0 spiro atoms. The molecule has 0 unspecified atom stereocenters. The van der Waals surface area contributed by atoms with Crippen LogP contribution in [-0.2, 0) is 12.0 Å². The smallest absolute Gasteiger partial charge is 0.122 e. The molecule has 0 atom stereocenters. The first kappa shape index (κ1) is 13.2. The highest BCUT2D eigenvalue weighted by Gasteiger charge is 2.42. The molecule has 0 heterocycles. The predicted molar refractivity (Wildman–Crippen MR) is 81.9 cm³/mol. The van der Waals surface area contributed by atoms with Crippen molar-refractivity contribution in [3.8, 4) is 5.75 Å². The number of hydrogen-bond donors (Lipinski definition) is 1. The molecule has 1 saturated carbocycles. The van der Waals surface area contributed by atoms with Gasteiger partial charge in [0, 0.05) is 12.0 Å². The SMILES string of the molecule is Cc1cc(C2(CN)CC2)ccc1OCc1ccccc1. The molecule has 104 valence electrons. The lowest BCUT2D eigenvalue weighted by atomic mass is 9.94. The van der Waals surface area contributed by atoms with Crippen LogP contribution < -0.4 is 10.5 Å². The molecule has 0 saturated heterocycles. The Labute approximate surface area is 120 Å². The van der Waals surface area contributed by atoms with Gasteiger partial charge in [0.05, 0.1) is 0 Å². The van der Waals surface area contributed by atoms with E-state index in [9.17, 15) is 0 Å². The van der Waals surface area contributed by atoms with Crippen LogP contribution in [0.15, 0.2) is 48.5 Å². The van der Waals surface area contributed by atoms with Crippen molar-refractivity contribution >= 4 is 0 Å². The van der Waals surface area contributed by atoms with Gasteiger partial charge in [-0.15, -0.1) is 0 Å². The minimum Gasteiger partial charge on any atom is -0.489 e. The van der Waals surface area contributed by atoms with Gasteiger partial charge in [-0.3, -0.25) is 0 Å². The fourth-order valence-corrected chi connectivity index (χ4v) is 2.64. The van der Waals surface area contributed by atoms with E-state index in [0.29, 0.717) is 6.61 Å². The molecule has 1 aliphatic rings. The van der Waals surface area contributed by atoms with Crippen molar-refractivity contribution in [3.05, 3.63) is 65.2 Å². The fraction of sp³-hybridized carbons (Fsp3) is 0.333. The Hall–Kier alpha value is -1.80. The second kappa shape index (κ2) is 5.29. The Kier molecular flexibility index (Phi) is 3.49. The topological polar surface area (TPSA) is 35.2 Å². The molecular formula is C18H21NO. The van der Waals surface area contributed by atoms with E-state index in [0.717, 1.165) is 12.3 Å². The van der Waals surface area contributed by atoms with E-state index in [1.807, 2.05) is 18.2 Å². The quantitative estimate of drug-likeness (QED) is 0.899. The van der Waals surface area contributed by atoms with Crippen molar-refractivity contribution < 1.29 is 4.74 Å². The van der Waals surface area contributed by atoms with Crippen molar-refractivity contribution in [3.63, 3.8) is 0 Å². The van der Waals surface area contributed by atoms with Gasteiger partial charge in [0.25, 0.3) is 0 Å². The Balaban J connectivity index is 1.72. The zero-order valence-electron chi connectivity index (χ0n) is 11.9. The largest absolute Gasteiger partial charge is 0.489 e. The summed E-state index contributed by atoms with van der Waals surface area (Å²) < 4.78 is 5.91. The van der Waals surface area contributed by atoms with Crippen molar-refractivity contribution in [1.82, 2.24) is 0 Å². The molecule has 2 heteroatoms. The third-order valence-corrected chi connectivity index (χ3v) is 4.27. The average Bonchev–Trinajstić information content (AvgIpc) is 3.28. The first-order valence-corrected chi connectivity index (χ1v) is 7.21. The number of benzene rings is 2. The number of hydrogen-bond acceptors (Lipinski definition) is 2. The van der Waals surface area contributed by atoms with Crippen LogP contribution >= 0.6 is 0 Å². The molecular weight excluding hydrogens is 246 g/mol. The van der Waals surface area contributed by atoms with Gasteiger partial charge >= 0.3 is 0 Å². The fourth-order valence-electron chi connectivity index (χ4n) is 2.64. The van der Waals surface area contributed by atoms with Crippen LogP contribution in [0.1, 0.15) is 29.5 Å². The zero-order valence-corrected chi connectivity index (χ0v) is 11.9. The Morgan fingerprint density at radius 3 is 2.45 bits per heavy atom. The standard InChI is InChI=1S/C18H21NO/c1-14-11-16(18(13-19)9-10-18)7-8-17(14)20-12-15-5-3-2-4-6-15/h2-8,11H,9-10,12-13,19H2,1H3. The van der Waals surface area contributed by atoms with Gasteiger partial charge in [-0.25, -0.2) is 0 Å². The van der Waals surface area contributed by atoms with E-state index in [1.54, 1.807) is 0 Å². The molecule has 3 rings (SSSR count). The Morgan fingerprint density at radius 1 is 1.10 bits per heavy atom. The summed E-state index contributed by atoms with van der Waals surface area (Å²) in [6.45, 7) is 3.47. The highest BCUT2D eigenvalue weighted by Crippen LogP contribution is 2.47. The maximum Gasteiger partial charge on any atom is 0.122 e. The second-order valence-corrected chi connectivity index (χ2v) is 5.74. The van der Waals surface area contributed by atoms with Crippen molar-refractivity contribution in [2.75, 3.05) is 6.54 Å². The molecule has 2 nitrogen and oxygen atoms in total. The zero-order chi connectivity index (χ0) is 14.0. The second-order valence-electron chi connectivity index (χ2n) is 5.74. The molecule has 20 heavy (non-hydrogen) atoms. The third kappa shape index (κ3) is 2.56. The molecule has 0 bridgehead atoms. The van der Waals surface area contributed by atoms with Gasteiger partial charge in [-0.1, -0.05) is 42.5 Å². The summed E-state index contributed by atoms with van der Waals surface area (Å²) in [6, 6.07) is 16.7. The minimum atomic E-state index is 0.253. The van der Waals surface area contributed by atoms with E-state index in [-0.39, 0.29) is 5.41 Å². The van der Waals surface area contributed by atoms with Gasteiger partial charge in [0.2, 0.25) is 0 Å². The number of rotatable bonds is 5. The summed E-state index contributed by atoms with van der Waals surface area (Å²) in [5.41, 5.74) is 9.89. The van der Waals surface area contributed by atoms with E-state index in [2.05, 4.69) is 37.3 Å². The first-order valence-electron chi connectivity index (χ1n) is 7.21. The molecule has 0 amide bonds. The number of aryl methyl sites for hydroxylation is 1. The van der Waals surface area contributed by atoms with E-state index in [4.69, 9.17) is 10.5 Å². The normalized spacial score (nSPS) is 15.9. The Bertz CT molecular complexity index is 588. The van der Waals surface area contributed by atoms with Crippen LogP contribution in [0.25, 0.3) is 0 Å². The molecule has 2 N–H and O–H groups in total. The van der Waals surface area contributed by atoms with E-state index >= 15 is 0 Å². The summed E-state index contributed by atoms with van der Waals surface area (Å²) in [5.74, 6) is 0.963. The van der Waals surface area contributed by atoms with Crippen LogP contribution in [-0.4, -0.2) is 6.54 Å². The van der Waals surface area contributed by atoms with Crippen molar-refractivity contribution in [2.45, 2.75) is 31.8 Å². The summed E-state index contributed by atoms with van der Waals surface area (Å²) in [5, 5.41) is 0. The lowest BCUT2D eigenvalue weighted by Crippen LogP contribution is -2.19. The molecule has 1 fully saturated rings. The van der Waals surface area contributed by atoms with Crippen LogP contribution in [0.2, 0.25) is 0 Å². The monoisotopic (exact) mass is 267 g/mol. The van der Waals surface area contributed by atoms with E-state index < -0.39 is 0 Å². The lowest BCUT2D eigenvalue weighted by Gasteiger charge is -2.16. The van der Waals surface area contributed by atoms with Crippen LogP contribution in [0.4, 0.5) is 0 Å². The Morgan fingerprint density at radius 2 is 1.85 bits per heavy atom. The van der Waals surface area contributed by atoms with Crippen LogP contribution in [0, 0.1) is 6.92 Å². The van der Waals surface area contributed by atoms with Gasteiger partial charge in [0.1, 0.15) is 12.4 Å². The number of ether oxygens (including phenoxy) is 1. The molecule has 1 aliphatic carbocycles. The lowest BCUT2D eigenvalue weighted by molar-refractivity contribution is 0.304. The highest BCUT2D eigenvalue weighted by atomic mass is 16.5. The maximum absolute atomic E-state index is 5.91. The number of nitrogens with two attached hydrogens (primary N) is 1. The van der Waals surface area contributed by atoms with Gasteiger partial charge in [-0.05, 0) is 42.5 Å². The maximum atomic E-state index is 5.91. The summed E-state index contributed by atoms with van der Waals surface area (Å²) >= 11 is 0. The summed E-state index contributed by atoms with van der Waals surface area (Å²) in [4.78, 5) is 0. The third-order valence-electron chi connectivity index (χ3n) is 4.27. The molecule has 0 radical (unpaired) electrons. The molecule has 0 aromatic heterocycles. The van der Waals surface area contributed by atoms with Crippen LogP contribution in [0.5, 0.6) is 5.75 Å². The first-order chi connectivity index (χ1) is 9.73. The predicted octanol–water partition coefficient (Wildman–Crippen LogP) is 3.56. The van der Waals surface area contributed by atoms with Gasteiger partial charge in [-0.2, -0.15) is 0 Å². The summed E-state index contributed by atoms with van der Waals surface area (Å²) in [7, 11) is 0. The van der Waals surface area contributed by atoms with Crippen LogP contribution in [0.3, 0.4) is 0 Å². The van der Waals surface area contributed by atoms with Crippen molar-refractivity contribution in [1.29, 1.82) is 0 Å². The molecule has 0 aliphatic heterocycles. The van der Waals surface area contributed by atoms with Gasteiger partial charge < -0.3 is 10.5 Å². The minimum absolute atomic E-state index is 0.253. The van der Waals surface area contributed by atoms with Gasteiger partial charge in [0.15, 0.2) is 0 Å². The molecule has 2 aromatic carbocycles. The average molecular weight is 267 g/mol. The van der Waals surface area contributed by atoms with Crippen molar-refractivity contribution in [2.24, 2.45) is 5.73 Å².